The van der Waals surface area contributed by atoms with Gasteiger partial charge in [0.2, 0.25) is 0 Å². The smallest absolute Gasteiger partial charge is 0.155 e. The second kappa shape index (κ2) is 4.61. The first-order valence-corrected chi connectivity index (χ1v) is 3.39. The van der Waals surface area contributed by atoms with Gasteiger partial charge in [-0.3, -0.25) is 9.59 Å². The maximum absolute atomic E-state index is 10.7. The van der Waals surface area contributed by atoms with E-state index in [9.17, 15) is 9.59 Å². The fourth-order valence-electron chi connectivity index (χ4n) is 0.413. The zero-order valence-electron chi connectivity index (χ0n) is 7.05. The van der Waals surface area contributed by atoms with Crippen LogP contribution in [0.3, 0.4) is 0 Å². The molecule has 0 radical (unpaired) electrons. The van der Waals surface area contributed by atoms with E-state index in [1.54, 1.807) is 26.0 Å². The molecule has 0 unspecified atom stereocenters. The predicted octanol–water partition coefficient (Wildman–Crippen LogP) is 1.67. The summed E-state index contributed by atoms with van der Waals surface area (Å²) in [5.41, 5.74) is 1.27. The molecule has 0 N–H and O–H groups in total. The average Bonchev–Trinajstić information content (AvgIpc) is 1.99. The summed E-state index contributed by atoms with van der Waals surface area (Å²) in [4.78, 5) is 20.8. The van der Waals surface area contributed by atoms with Crippen LogP contribution in [0, 0.1) is 0 Å². The number of rotatable bonds is 3. The predicted molar refractivity (Wildman–Crippen MR) is 44.3 cm³/mol. The Balaban J connectivity index is 4.34. The van der Waals surface area contributed by atoms with Crippen molar-refractivity contribution in [2.45, 2.75) is 20.8 Å². The maximum Gasteiger partial charge on any atom is 0.155 e. The van der Waals surface area contributed by atoms with Crippen molar-refractivity contribution in [3.8, 4) is 0 Å². The van der Waals surface area contributed by atoms with E-state index in [1.807, 2.05) is 0 Å². The van der Waals surface area contributed by atoms with Crippen LogP contribution in [-0.2, 0) is 9.59 Å². The van der Waals surface area contributed by atoms with Gasteiger partial charge in [0.1, 0.15) is 6.29 Å². The van der Waals surface area contributed by atoms with E-state index >= 15 is 0 Å². The molecule has 0 spiro atoms. The second-order valence-electron chi connectivity index (χ2n) is 2.43. The number of aldehydes is 1. The highest BCUT2D eigenvalue weighted by Gasteiger charge is 1.92. The van der Waals surface area contributed by atoms with Crippen molar-refractivity contribution >= 4 is 12.1 Å². The van der Waals surface area contributed by atoms with Crippen LogP contribution in [0.2, 0.25) is 0 Å². The molecule has 0 aliphatic rings. The minimum absolute atomic E-state index is 0.0277. The van der Waals surface area contributed by atoms with Crippen LogP contribution in [-0.4, -0.2) is 12.1 Å². The summed E-state index contributed by atoms with van der Waals surface area (Å²) in [5.74, 6) is 0.0277. The summed E-state index contributed by atoms with van der Waals surface area (Å²) in [6.45, 7) is 4.91. The van der Waals surface area contributed by atoms with Crippen molar-refractivity contribution in [3.63, 3.8) is 0 Å². The van der Waals surface area contributed by atoms with Crippen molar-refractivity contribution in [1.82, 2.24) is 0 Å². The first-order chi connectivity index (χ1) is 5.07. The molecule has 0 aliphatic heterocycles. The Labute approximate surface area is 66.6 Å². The lowest BCUT2D eigenvalue weighted by Crippen LogP contribution is -1.89. The van der Waals surface area contributed by atoms with Gasteiger partial charge in [-0.2, -0.15) is 0 Å². The number of hydrogen-bond donors (Lipinski definition) is 0. The molecule has 0 aliphatic carbocycles. The Morgan fingerprint density at radius 1 is 1.09 bits per heavy atom. The van der Waals surface area contributed by atoms with Crippen LogP contribution in [0.4, 0.5) is 0 Å². The third kappa shape index (κ3) is 4.25. The van der Waals surface area contributed by atoms with Gasteiger partial charge in [0.05, 0.1) is 0 Å². The molecule has 60 valence electrons. The molecule has 2 heteroatoms. The molecule has 0 amide bonds. The topological polar surface area (TPSA) is 34.1 Å². The van der Waals surface area contributed by atoms with Crippen LogP contribution in [0.25, 0.3) is 0 Å². The van der Waals surface area contributed by atoms with Crippen LogP contribution < -0.4 is 0 Å². The zero-order valence-corrected chi connectivity index (χ0v) is 7.05. The highest BCUT2D eigenvalue weighted by atomic mass is 16.1. The Morgan fingerprint density at radius 2 is 1.64 bits per heavy atom. The quantitative estimate of drug-likeness (QED) is 0.350. The van der Waals surface area contributed by atoms with Gasteiger partial charge in [0.25, 0.3) is 0 Å². The number of Topliss-reactive ketones (excluding diaryl/α,β-unsaturated/α-hetero) is 1. The Morgan fingerprint density at radius 3 is 2.00 bits per heavy atom. The number of hydrogen-bond acceptors (Lipinski definition) is 2. The maximum atomic E-state index is 10.7. The monoisotopic (exact) mass is 152 g/mol. The highest BCUT2D eigenvalue weighted by molar-refractivity contribution is 5.93. The van der Waals surface area contributed by atoms with Gasteiger partial charge < -0.3 is 0 Å². The molecule has 0 aromatic heterocycles. The minimum Gasteiger partial charge on any atom is -0.298 e. The van der Waals surface area contributed by atoms with Gasteiger partial charge >= 0.3 is 0 Å². The largest absolute Gasteiger partial charge is 0.298 e. The average molecular weight is 152 g/mol. The second-order valence-corrected chi connectivity index (χ2v) is 2.43. The lowest BCUT2D eigenvalue weighted by Gasteiger charge is -1.89. The van der Waals surface area contributed by atoms with E-state index in [0.29, 0.717) is 11.1 Å². The zero-order chi connectivity index (χ0) is 8.85. The first kappa shape index (κ1) is 9.82. The SMILES string of the molecule is CC(=O)/C(C)=C/C=C(\C)C=O. The first-order valence-electron chi connectivity index (χ1n) is 3.39. The van der Waals surface area contributed by atoms with Gasteiger partial charge in [-0.05, 0) is 31.9 Å². The standard InChI is InChI=1S/C9H12O2/c1-7(6-10)4-5-8(2)9(3)11/h4-6H,1-3H3/b7-4+,8-5+. The molecule has 0 bridgehead atoms. The van der Waals surface area contributed by atoms with Crippen molar-refractivity contribution in [1.29, 1.82) is 0 Å². The van der Waals surface area contributed by atoms with E-state index in [0.717, 1.165) is 6.29 Å². The molecule has 0 rings (SSSR count). The molecule has 11 heavy (non-hydrogen) atoms. The summed E-state index contributed by atoms with van der Waals surface area (Å²) >= 11 is 0. The van der Waals surface area contributed by atoms with E-state index in [2.05, 4.69) is 0 Å². The van der Waals surface area contributed by atoms with E-state index in [4.69, 9.17) is 0 Å². The molecular weight excluding hydrogens is 140 g/mol. The minimum atomic E-state index is 0.0277. The highest BCUT2D eigenvalue weighted by Crippen LogP contribution is 1.96. The lowest BCUT2D eigenvalue weighted by atomic mass is 10.2. The van der Waals surface area contributed by atoms with Gasteiger partial charge in [0.15, 0.2) is 5.78 Å². The van der Waals surface area contributed by atoms with Gasteiger partial charge in [-0.25, -0.2) is 0 Å². The van der Waals surface area contributed by atoms with Crippen molar-refractivity contribution in [2.75, 3.05) is 0 Å². The molecule has 0 heterocycles. The van der Waals surface area contributed by atoms with Crippen LogP contribution >= 0.6 is 0 Å². The van der Waals surface area contributed by atoms with Crippen molar-refractivity contribution in [2.24, 2.45) is 0 Å². The lowest BCUT2D eigenvalue weighted by molar-refractivity contribution is -0.113. The Hall–Kier alpha value is -1.18. The molecule has 0 aromatic rings. The van der Waals surface area contributed by atoms with E-state index in [1.165, 1.54) is 6.92 Å². The molecule has 2 nitrogen and oxygen atoms in total. The van der Waals surface area contributed by atoms with Gasteiger partial charge in [-0.15, -0.1) is 0 Å². The Kier molecular flexibility index (Phi) is 4.11. The van der Waals surface area contributed by atoms with Crippen molar-refractivity contribution in [3.05, 3.63) is 23.3 Å². The molecule has 0 atom stereocenters. The Bertz CT molecular complexity index is 222. The summed E-state index contributed by atoms with van der Waals surface area (Å²) in [7, 11) is 0. The molecule has 0 aromatic carbocycles. The van der Waals surface area contributed by atoms with Gasteiger partial charge in [0, 0.05) is 0 Å². The fourth-order valence-corrected chi connectivity index (χ4v) is 0.413. The van der Waals surface area contributed by atoms with Crippen molar-refractivity contribution < 1.29 is 9.59 Å². The van der Waals surface area contributed by atoms with Crippen LogP contribution in [0.5, 0.6) is 0 Å². The fraction of sp³-hybridized carbons (Fsp3) is 0.333. The summed E-state index contributed by atoms with van der Waals surface area (Å²) in [5, 5.41) is 0. The van der Waals surface area contributed by atoms with Crippen LogP contribution in [0.15, 0.2) is 23.3 Å². The summed E-state index contributed by atoms with van der Waals surface area (Å²) < 4.78 is 0. The van der Waals surface area contributed by atoms with E-state index < -0.39 is 0 Å². The normalized spacial score (nSPS) is 13.0. The number of carbonyl (C=O) groups excluding carboxylic acids is 2. The third-order valence-electron chi connectivity index (χ3n) is 1.34. The summed E-state index contributed by atoms with van der Waals surface area (Å²) in [6.07, 6.45) is 4.03. The molecule has 0 saturated heterocycles. The molecular formula is C9H12O2. The number of ketones is 1. The van der Waals surface area contributed by atoms with Crippen LogP contribution in [0.1, 0.15) is 20.8 Å². The van der Waals surface area contributed by atoms with E-state index in [-0.39, 0.29) is 5.78 Å². The summed E-state index contributed by atoms with van der Waals surface area (Å²) in [6, 6.07) is 0. The number of allylic oxidation sites excluding steroid dienone is 4. The third-order valence-corrected chi connectivity index (χ3v) is 1.34. The molecule has 0 saturated carbocycles. The van der Waals surface area contributed by atoms with Gasteiger partial charge in [-0.1, -0.05) is 12.2 Å². The molecule has 0 fully saturated rings. The number of carbonyl (C=O) groups is 2.